The fourth-order valence-electron chi connectivity index (χ4n) is 2.86. The third-order valence-corrected chi connectivity index (χ3v) is 4.52. The Kier molecular flexibility index (Phi) is 5.26. The van der Waals surface area contributed by atoms with Crippen molar-refractivity contribution >= 4 is 16.9 Å². The van der Waals surface area contributed by atoms with E-state index in [-0.39, 0.29) is 11.5 Å². The van der Waals surface area contributed by atoms with E-state index >= 15 is 0 Å². The van der Waals surface area contributed by atoms with Crippen LogP contribution >= 0.6 is 0 Å². The fourth-order valence-corrected chi connectivity index (χ4v) is 2.86. The molecule has 0 saturated heterocycles. The predicted molar refractivity (Wildman–Crippen MR) is 103 cm³/mol. The van der Waals surface area contributed by atoms with Crippen molar-refractivity contribution in [3.8, 4) is 5.75 Å². The molecule has 3 rings (SSSR count). The molecule has 3 aromatic rings. The highest BCUT2D eigenvalue weighted by Crippen LogP contribution is 2.31. The monoisotopic (exact) mass is 366 g/mol. The van der Waals surface area contributed by atoms with Crippen molar-refractivity contribution in [1.82, 2.24) is 10.3 Å². The molecule has 0 radical (unpaired) electrons. The van der Waals surface area contributed by atoms with Crippen LogP contribution in [0.25, 0.3) is 11.0 Å². The molecule has 0 aliphatic carbocycles. The van der Waals surface area contributed by atoms with Crippen molar-refractivity contribution in [3.05, 3.63) is 69.3 Å². The third-order valence-electron chi connectivity index (χ3n) is 4.52. The second-order valence-corrected chi connectivity index (χ2v) is 6.61. The van der Waals surface area contributed by atoms with Gasteiger partial charge in [-0.2, -0.15) is 0 Å². The molecule has 0 unspecified atom stereocenters. The number of carbonyl (C=O) groups is 1. The van der Waals surface area contributed by atoms with Crippen molar-refractivity contribution < 1.29 is 13.9 Å². The van der Waals surface area contributed by atoms with Gasteiger partial charge in [0.15, 0.2) is 6.10 Å². The number of ether oxygens (including phenoxy) is 1. The molecule has 0 fully saturated rings. The Hall–Kier alpha value is -3.15. The molecule has 0 bridgehead atoms. The quantitative estimate of drug-likeness (QED) is 0.701. The Morgan fingerprint density at radius 3 is 2.74 bits per heavy atom. The molecule has 2 aromatic heterocycles. The number of pyridine rings is 1. The molecular weight excluding hydrogens is 344 g/mol. The standard InChI is InChI=1S/C21H22N2O4/c1-12-8-17(19-13(2)14(3)21(25)27-18(19)9-12)26-15(4)20(24)23-11-16-6-5-7-22-10-16/h5-10,15H,11H2,1-4H3,(H,23,24)/t15-/m1/s1. The molecule has 6 heteroatoms. The zero-order valence-electron chi connectivity index (χ0n) is 15.8. The van der Waals surface area contributed by atoms with E-state index in [1.807, 2.05) is 32.0 Å². The first-order valence-electron chi connectivity index (χ1n) is 8.74. The number of hydrogen-bond acceptors (Lipinski definition) is 5. The van der Waals surface area contributed by atoms with E-state index in [0.717, 1.165) is 16.7 Å². The lowest BCUT2D eigenvalue weighted by molar-refractivity contribution is -0.127. The highest BCUT2D eigenvalue weighted by molar-refractivity contribution is 5.89. The van der Waals surface area contributed by atoms with Gasteiger partial charge in [0, 0.05) is 24.5 Å². The topological polar surface area (TPSA) is 81.4 Å². The molecule has 27 heavy (non-hydrogen) atoms. The Bertz CT molecular complexity index is 1040. The Morgan fingerprint density at radius 1 is 1.26 bits per heavy atom. The first-order chi connectivity index (χ1) is 12.9. The van der Waals surface area contributed by atoms with Crippen LogP contribution < -0.4 is 15.7 Å². The number of nitrogens with zero attached hydrogens (tertiary/aromatic N) is 1. The van der Waals surface area contributed by atoms with Crippen LogP contribution in [0.15, 0.2) is 45.9 Å². The van der Waals surface area contributed by atoms with Gasteiger partial charge in [-0.15, -0.1) is 0 Å². The average Bonchev–Trinajstić information content (AvgIpc) is 2.64. The summed E-state index contributed by atoms with van der Waals surface area (Å²) in [5.74, 6) is 0.290. The average molecular weight is 366 g/mol. The number of carbonyl (C=O) groups excluding carboxylic acids is 1. The maximum Gasteiger partial charge on any atom is 0.339 e. The molecule has 1 atom stereocenters. The molecule has 1 aromatic carbocycles. The minimum atomic E-state index is -0.710. The molecule has 0 saturated carbocycles. The number of aromatic nitrogens is 1. The van der Waals surface area contributed by atoms with Gasteiger partial charge < -0.3 is 14.5 Å². The molecule has 0 aliphatic heterocycles. The normalized spacial score (nSPS) is 12.0. The summed E-state index contributed by atoms with van der Waals surface area (Å²) in [7, 11) is 0. The van der Waals surface area contributed by atoms with Crippen molar-refractivity contribution in [2.45, 2.75) is 40.3 Å². The Balaban J connectivity index is 1.84. The van der Waals surface area contributed by atoms with Gasteiger partial charge in [-0.05, 0) is 62.6 Å². The largest absolute Gasteiger partial charge is 0.480 e. The number of rotatable bonds is 5. The van der Waals surface area contributed by atoms with Crippen LogP contribution in [0.5, 0.6) is 5.75 Å². The Labute approximate surface area is 157 Å². The van der Waals surface area contributed by atoms with Crippen molar-refractivity contribution in [3.63, 3.8) is 0 Å². The third kappa shape index (κ3) is 4.00. The Morgan fingerprint density at radius 2 is 2.04 bits per heavy atom. The number of aryl methyl sites for hydroxylation is 2. The first-order valence-corrected chi connectivity index (χ1v) is 8.74. The van der Waals surface area contributed by atoms with E-state index in [1.165, 1.54) is 0 Å². The number of nitrogens with one attached hydrogen (secondary N) is 1. The van der Waals surface area contributed by atoms with E-state index in [4.69, 9.17) is 9.15 Å². The molecule has 0 aliphatic rings. The molecule has 140 valence electrons. The second-order valence-electron chi connectivity index (χ2n) is 6.61. The highest BCUT2D eigenvalue weighted by Gasteiger charge is 2.19. The molecule has 1 amide bonds. The van der Waals surface area contributed by atoms with Crippen molar-refractivity contribution in [2.24, 2.45) is 0 Å². The van der Waals surface area contributed by atoms with Crippen LogP contribution in [0.3, 0.4) is 0 Å². The molecular formula is C21H22N2O4. The van der Waals surface area contributed by atoms with Crippen LogP contribution in [-0.4, -0.2) is 17.0 Å². The lowest BCUT2D eigenvalue weighted by Gasteiger charge is -2.18. The van der Waals surface area contributed by atoms with Crippen LogP contribution in [0.4, 0.5) is 0 Å². The molecule has 2 heterocycles. The maximum absolute atomic E-state index is 12.4. The zero-order chi connectivity index (χ0) is 19.6. The maximum atomic E-state index is 12.4. The zero-order valence-corrected chi connectivity index (χ0v) is 15.8. The van der Waals surface area contributed by atoms with Gasteiger partial charge in [0.25, 0.3) is 5.91 Å². The summed E-state index contributed by atoms with van der Waals surface area (Å²) in [4.78, 5) is 28.4. The van der Waals surface area contributed by atoms with Crippen LogP contribution in [0, 0.1) is 20.8 Å². The fraction of sp³-hybridized carbons (Fsp3) is 0.286. The van der Waals surface area contributed by atoms with Crippen LogP contribution in [-0.2, 0) is 11.3 Å². The number of fused-ring (bicyclic) bond motifs is 1. The summed E-state index contributed by atoms with van der Waals surface area (Å²) in [5, 5.41) is 3.55. The van der Waals surface area contributed by atoms with Crippen molar-refractivity contribution in [2.75, 3.05) is 0 Å². The minimum absolute atomic E-state index is 0.236. The molecule has 0 spiro atoms. The van der Waals surface area contributed by atoms with E-state index in [0.29, 0.717) is 28.8 Å². The summed E-state index contributed by atoms with van der Waals surface area (Å²) in [6.45, 7) is 7.52. The van der Waals surface area contributed by atoms with Gasteiger partial charge >= 0.3 is 5.63 Å². The lowest BCUT2D eigenvalue weighted by Crippen LogP contribution is -2.36. The summed E-state index contributed by atoms with van der Waals surface area (Å²) in [6, 6.07) is 7.35. The van der Waals surface area contributed by atoms with Crippen LogP contribution in [0.1, 0.15) is 29.2 Å². The molecule has 6 nitrogen and oxygen atoms in total. The van der Waals surface area contributed by atoms with E-state index in [9.17, 15) is 9.59 Å². The smallest absolute Gasteiger partial charge is 0.339 e. The highest BCUT2D eigenvalue weighted by atomic mass is 16.5. The van der Waals surface area contributed by atoms with Gasteiger partial charge in [0.2, 0.25) is 0 Å². The van der Waals surface area contributed by atoms with Gasteiger partial charge in [-0.1, -0.05) is 6.07 Å². The van der Waals surface area contributed by atoms with E-state index in [2.05, 4.69) is 10.3 Å². The first kappa shape index (κ1) is 18.6. The van der Waals surface area contributed by atoms with Gasteiger partial charge in [-0.3, -0.25) is 9.78 Å². The van der Waals surface area contributed by atoms with E-state index < -0.39 is 6.10 Å². The summed E-state index contributed by atoms with van der Waals surface area (Å²) < 4.78 is 11.3. The minimum Gasteiger partial charge on any atom is -0.480 e. The predicted octanol–water partition coefficient (Wildman–Crippen LogP) is 3.20. The lowest BCUT2D eigenvalue weighted by atomic mass is 10.0. The number of hydrogen-bond donors (Lipinski definition) is 1. The summed E-state index contributed by atoms with van der Waals surface area (Å²) in [6.07, 6.45) is 2.68. The van der Waals surface area contributed by atoms with Gasteiger partial charge in [0.1, 0.15) is 11.3 Å². The van der Waals surface area contributed by atoms with Crippen LogP contribution in [0.2, 0.25) is 0 Å². The summed E-state index contributed by atoms with van der Waals surface area (Å²) >= 11 is 0. The van der Waals surface area contributed by atoms with Gasteiger partial charge in [-0.25, -0.2) is 4.79 Å². The molecule has 1 N–H and O–H groups in total. The van der Waals surface area contributed by atoms with Crippen molar-refractivity contribution in [1.29, 1.82) is 0 Å². The SMILES string of the molecule is Cc1cc(O[C@H](C)C(=O)NCc2cccnc2)c2c(C)c(C)c(=O)oc2c1. The number of amides is 1. The van der Waals surface area contributed by atoms with Gasteiger partial charge in [0.05, 0.1) is 5.39 Å². The number of benzene rings is 1. The summed E-state index contributed by atoms with van der Waals surface area (Å²) in [5.41, 5.74) is 3.21. The van der Waals surface area contributed by atoms with E-state index in [1.54, 1.807) is 32.3 Å². The second kappa shape index (κ2) is 7.61.